The molecule has 0 saturated heterocycles. The minimum Gasteiger partial charge on any atom is -0.493 e. The van der Waals surface area contributed by atoms with Crippen molar-refractivity contribution in [1.29, 1.82) is 0 Å². The van der Waals surface area contributed by atoms with Gasteiger partial charge in [0.1, 0.15) is 6.61 Å². The Bertz CT molecular complexity index is 1260. The number of nitro benzene ring substituents is 1. The number of ether oxygens (including phenoxy) is 2. The molecule has 3 aromatic carbocycles. The fraction of sp³-hybridized carbons (Fsp3) is 0.130. The van der Waals surface area contributed by atoms with Gasteiger partial charge in [-0.1, -0.05) is 6.07 Å². The van der Waals surface area contributed by atoms with Crippen molar-refractivity contribution in [1.82, 2.24) is 5.43 Å². The number of carbonyl (C=O) groups excluding carboxylic acids is 1. The Labute approximate surface area is 205 Å². The van der Waals surface area contributed by atoms with Gasteiger partial charge in [0.05, 0.1) is 23.8 Å². The molecule has 0 bridgehead atoms. The second kappa shape index (κ2) is 11.0. The van der Waals surface area contributed by atoms with E-state index in [0.29, 0.717) is 27.1 Å². The lowest BCUT2D eigenvalue weighted by Gasteiger charge is -2.13. The molecule has 0 radical (unpaired) electrons. The number of nitro groups is 1. The first-order valence-electron chi connectivity index (χ1n) is 9.83. The van der Waals surface area contributed by atoms with Gasteiger partial charge in [-0.05, 0) is 64.0 Å². The standard InChI is InChI=1S/C23H17BrF3N3O5/c1-34-20-10-16(12-28-29-22(31)15-3-2-4-17(9-15)23(25,26)27)19(24)11-21(20)35-13-14-5-7-18(8-6-14)30(32)33/h2-12H,13H2,1H3,(H,29,31)/b28-12-. The van der Waals surface area contributed by atoms with Crippen LogP contribution in [0.15, 0.2) is 70.2 Å². The third-order valence-electron chi connectivity index (χ3n) is 4.65. The van der Waals surface area contributed by atoms with E-state index in [1.165, 1.54) is 31.5 Å². The molecule has 12 heteroatoms. The molecule has 3 aromatic rings. The highest BCUT2D eigenvalue weighted by atomic mass is 79.9. The van der Waals surface area contributed by atoms with Crippen LogP contribution in [0.5, 0.6) is 11.5 Å². The van der Waals surface area contributed by atoms with Gasteiger partial charge in [0, 0.05) is 27.7 Å². The summed E-state index contributed by atoms with van der Waals surface area (Å²) < 4.78 is 50.1. The maximum absolute atomic E-state index is 12.8. The van der Waals surface area contributed by atoms with Gasteiger partial charge in [0.25, 0.3) is 11.6 Å². The van der Waals surface area contributed by atoms with Crippen LogP contribution in [0.2, 0.25) is 0 Å². The number of hydrogen-bond donors (Lipinski definition) is 1. The Kier molecular flexibility index (Phi) is 8.07. The van der Waals surface area contributed by atoms with E-state index >= 15 is 0 Å². The highest BCUT2D eigenvalue weighted by Gasteiger charge is 2.30. The van der Waals surface area contributed by atoms with Crippen LogP contribution >= 0.6 is 15.9 Å². The number of non-ortho nitro benzene ring substituents is 1. The lowest BCUT2D eigenvalue weighted by Crippen LogP contribution is -2.18. The molecule has 8 nitrogen and oxygen atoms in total. The first-order chi connectivity index (χ1) is 16.6. The fourth-order valence-corrected chi connectivity index (χ4v) is 3.28. The van der Waals surface area contributed by atoms with Gasteiger partial charge in [-0.3, -0.25) is 14.9 Å². The number of nitrogens with zero attached hydrogens (tertiary/aromatic N) is 2. The van der Waals surface area contributed by atoms with Crippen molar-refractivity contribution in [3.05, 3.63) is 97.5 Å². The van der Waals surface area contributed by atoms with E-state index < -0.39 is 22.6 Å². The van der Waals surface area contributed by atoms with Crippen LogP contribution in [0, 0.1) is 10.1 Å². The van der Waals surface area contributed by atoms with Gasteiger partial charge in [-0.2, -0.15) is 18.3 Å². The van der Waals surface area contributed by atoms with Crippen LogP contribution in [0.3, 0.4) is 0 Å². The Balaban J connectivity index is 1.68. The first kappa shape index (κ1) is 25.7. The number of hydrazone groups is 1. The summed E-state index contributed by atoms with van der Waals surface area (Å²) in [5.74, 6) is -0.0814. The summed E-state index contributed by atoms with van der Waals surface area (Å²) >= 11 is 3.37. The molecule has 1 N–H and O–H groups in total. The van der Waals surface area contributed by atoms with E-state index in [9.17, 15) is 28.1 Å². The maximum atomic E-state index is 12.8. The molecule has 0 fully saturated rings. The molecular weight excluding hydrogens is 535 g/mol. The van der Waals surface area contributed by atoms with Gasteiger partial charge in [0.2, 0.25) is 0 Å². The maximum Gasteiger partial charge on any atom is 0.416 e. The van der Waals surface area contributed by atoms with Crippen LogP contribution in [-0.4, -0.2) is 24.2 Å². The van der Waals surface area contributed by atoms with E-state index in [1.807, 2.05) is 0 Å². The van der Waals surface area contributed by atoms with Crippen molar-refractivity contribution < 1.29 is 32.4 Å². The summed E-state index contributed by atoms with van der Waals surface area (Å²) in [6.07, 6.45) is -3.28. The number of hydrogen-bond acceptors (Lipinski definition) is 6. The molecule has 0 saturated carbocycles. The van der Waals surface area contributed by atoms with Crippen LogP contribution in [0.4, 0.5) is 18.9 Å². The van der Waals surface area contributed by atoms with E-state index in [1.54, 1.807) is 24.3 Å². The normalized spacial score (nSPS) is 11.3. The Morgan fingerprint density at radius 3 is 2.49 bits per heavy atom. The highest BCUT2D eigenvalue weighted by molar-refractivity contribution is 9.10. The van der Waals surface area contributed by atoms with Crippen LogP contribution < -0.4 is 14.9 Å². The summed E-state index contributed by atoms with van der Waals surface area (Å²) in [6.45, 7) is 0.126. The van der Waals surface area contributed by atoms with Crippen LogP contribution in [0.25, 0.3) is 0 Å². The van der Waals surface area contributed by atoms with Gasteiger partial charge in [-0.25, -0.2) is 5.43 Å². The quantitative estimate of drug-likeness (QED) is 0.219. The van der Waals surface area contributed by atoms with Crippen molar-refractivity contribution in [2.24, 2.45) is 5.10 Å². The predicted octanol–water partition coefficient (Wildman–Crippen LogP) is 5.73. The molecule has 0 aromatic heterocycles. The number of carbonyl (C=O) groups is 1. The third-order valence-corrected chi connectivity index (χ3v) is 5.33. The number of rotatable bonds is 8. The molecule has 35 heavy (non-hydrogen) atoms. The zero-order chi connectivity index (χ0) is 25.6. The summed E-state index contributed by atoms with van der Waals surface area (Å²) in [4.78, 5) is 22.4. The second-order valence-corrected chi connectivity index (χ2v) is 7.87. The minimum atomic E-state index is -4.57. The van der Waals surface area contributed by atoms with E-state index in [-0.39, 0.29) is 17.9 Å². The van der Waals surface area contributed by atoms with Crippen LogP contribution in [-0.2, 0) is 12.8 Å². The second-order valence-electron chi connectivity index (χ2n) is 7.01. The molecule has 0 aliphatic rings. The zero-order valence-electron chi connectivity index (χ0n) is 18.0. The van der Waals surface area contributed by atoms with Crippen molar-refractivity contribution in [2.45, 2.75) is 12.8 Å². The highest BCUT2D eigenvalue weighted by Crippen LogP contribution is 2.33. The lowest BCUT2D eigenvalue weighted by molar-refractivity contribution is -0.384. The zero-order valence-corrected chi connectivity index (χ0v) is 19.6. The van der Waals surface area contributed by atoms with Crippen molar-refractivity contribution in [3.8, 4) is 11.5 Å². The van der Waals surface area contributed by atoms with E-state index in [0.717, 1.165) is 18.2 Å². The molecule has 1 amide bonds. The van der Waals surface area contributed by atoms with Crippen LogP contribution in [0.1, 0.15) is 27.0 Å². The Morgan fingerprint density at radius 2 is 1.86 bits per heavy atom. The largest absolute Gasteiger partial charge is 0.493 e. The molecule has 0 spiro atoms. The Morgan fingerprint density at radius 1 is 1.14 bits per heavy atom. The molecule has 0 aliphatic heterocycles. The predicted molar refractivity (Wildman–Crippen MR) is 125 cm³/mol. The summed E-state index contributed by atoms with van der Waals surface area (Å²) in [5, 5.41) is 14.6. The Hall–Kier alpha value is -3.93. The number of amides is 1. The molecule has 3 rings (SSSR count). The molecule has 0 atom stereocenters. The average Bonchev–Trinajstić information content (AvgIpc) is 2.83. The van der Waals surface area contributed by atoms with E-state index in [4.69, 9.17) is 9.47 Å². The van der Waals surface area contributed by atoms with Gasteiger partial charge < -0.3 is 9.47 Å². The minimum absolute atomic E-state index is 0.0298. The van der Waals surface area contributed by atoms with Gasteiger partial charge >= 0.3 is 6.18 Å². The number of alkyl halides is 3. The van der Waals surface area contributed by atoms with E-state index in [2.05, 4.69) is 26.5 Å². The fourth-order valence-electron chi connectivity index (χ4n) is 2.86. The molecule has 182 valence electrons. The van der Waals surface area contributed by atoms with Crippen molar-refractivity contribution >= 4 is 33.7 Å². The molecular formula is C23H17BrF3N3O5. The number of nitrogens with one attached hydrogen (secondary N) is 1. The number of halogens is 4. The smallest absolute Gasteiger partial charge is 0.416 e. The lowest BCUT2D eigenvalue weighted by atomic mass is 10.1. The third kappa shape index (κ3) is 6.79. The molecule has 0 unspecified atom stereocenters. The van der Waals surface area contributed by atoms with Crippen molar-refractivity contribution in [3.63, 3.8) is 0 Å². The van der Waals surface area contributed by atoms with Gasteiger partial charge in [-0.15, -0.1) is 0 Å². The van der Waals surface area contributed by atoms with Gasteiger partial charge in [0.15, 0.2) is 11.5 Å². The summed E-state index contributed by atoms with van der Waals surface area (Å²) in [7, 11) is 1.43. The van der Waals surface area contributed by atoms with Crippen molar-refractivity contribution in [2.75, 3.05) is 7.11 Å². The SMILES string of the molecule is COc1cc(/C=N\NC(=O)c2cccc(C(F)(F)F)c2)c(Br)cc1OCc1ccc([N+](=O)[O-])cc1. The topological polar surface area (TPSA) is 103 Å². The first-order valence-corrected chi connectivity index (χ1v) is 10.6. The number of methoxy groups -OCH3 is 1. The summed E-state index contributed by atoms with van der Waals surface area (Å²) in [6, 6.07) is 13.1. The average molecular weight is 552 g/mol. The molecule has 0 aliphatic carbocycles. The summed E-state index contributed by atoms with van der Waals surface area (Å²) in [5.41, 5.74) is 2.23. The monoisotopic (exact) mass is 551 g/mol. The number of benzene rings is 3. The molecule has 0 heterocycles.